The number of rotatable bonds is 4. The average Bonchev–Trinajstić information content (AvgIpc) is 2.84. The van der Waals surface area contributed by atoms with Gasteiger partial charge in [-0.3, -0.25) is 0 Å². The van der Waals surface area contributed by atoms with Crippen molar-refractivity contribution in [2.75, 3.05) is 0 Å². The number of aryl methyl sites for hydroxylation is 1. The van der Waals surface area contributed by atoms with Crippen LogP contribution in [0.3, 0.4) is 0 Å². The third-order valence-corrected chi connectivity index (χ3v) is 2.23. The summed E-state index contributed by atoms with van der Waals surface area (Å²) in [7, 11) is 0. The molecule has 0 saturated carbocycles. The molecule has 0 unspecified atom stereocenters. The lowest BCUT2D eigenvalue weighted by molar-refractivity contribution is 0.0691. The predicted octanol–water partition coefficient (Wildman–Crippen LogP) is 1.38. The van der Waals surface area contributed by atoms with E-state index < -0.39 is 5.97 Å². The number of carbonyl (C=O) groups is 1. The second-order valence-electron chi connectivity index (χ2n) is 3.42. The van der Waals surface area contributed by atoms with E-state index in [-0.39, 0.29) is 5.69 Å². The van der Waals surface area contributed by atoms with Gasteiger partial charge in [-0.15, -0.1) is 0 Å². The van der Waals surface area contributed by atoms with Gasteiger partial charge in [-0.25, -0.2) is 14.8 Å². The average molecular weight is 220 g/mol. The van der Waals surface area contributed by atoms with E-state index in [9.17, 15) is 4.79 Å². The van der Waals surface area contributed by atoms with Crippen molar-refractivity contribution in [1.82, 2.24) is 19.5 Å². The Balaban J connectivity index is 2.34. The Kier molecular flexibility index (Phi) is 2.72. The second-order valence-corrected chi connectivity index (χ2v) is 3.42. The minimum absolute atomic E-state index is 0.0826. The van der Waals surface area contributed by atoms with Crippen molar-refractivity contribution in [2.24, 2.45) is 0 Å². The maximum Gasteiger partial charge on any atom is 0.353 e. The highest BCUT2D eigenvalue weighted by molar-refractivity contribution is 5.85. The molecule has 2 aromatic rings. The molecule has 0 saturated heterocycles. The fraction of sp³-hybridized carbons (Fsp3) is 0.300. The summed E-state index contributed by atoms with van der Waals surface area (Å²) >= 11 is 0. The van der Waals surface area contributed by atoms with E-state index in [2.05, 4.69) is 21.9 Å². The summed E-state index contributed by atoms with van der Waals surface area (Å²) in [5.41, 5.74) is 0.883. The molecule has 6 nitrogen and oxygen atoms in total. The molecule has 84 valence electrons. The third kappa shape index (κ3) is 1.81. The zero-order valence-corrected chi connectivity index (χ0v) is 8.84. The van der Waals surface area contributed by atoms with E-state index in [4.69, 9.17) is 5.11 Å². The number of aromatic carboxylic acids is 1. The molecule has 0 bridgehead atoms. The van der Waals surface area contributed by atoms with Crippen LogP contribution < -0.4 is 0 Å². The Hall–Kier alpha value is -2.11. The Bertz CT molecular complexity index is 500. The molecule has 2 rings (SSSR count). The van der Waals surface area contributed by atoms with Gasteiger partial charge in [0.2, 0.25) is 0 Å². The van der Waals surface area contributed by atoms with Crippen molar-refractivity contribution in [3.8, 4) is 11.5 Å². The molecular weight excluding hydrogens is 208 g/mol. The number of imidazole rings is 2. The van der Waals surface area contributed by atoms with Crippen LogP contribution in [0.4, 0.5) is 0 Å². The molecule has 0 aliphatic rings. The lowest BCUT2D eigenvalue weighted by Gasteiger charge is -2.02. The molecular formula is C10H12N4O2. The smallest absolute Gasteiger partial charge is 0.353 e. The van der Waals surface area contributed by atoms with Gasteiger partial charge in [0.05, 0.1) is 18.7 Å². The monoisotopic (exact) mass is 220 g/mol. The van der Waals surface area contributed by atoms with Crippen molar-refractivity contribution in [1.29, 1.82) is 0 Å². The first-order chi connectivity index (χ1) is 7.72. The first-order valence-electron chi connectivity index (χ1n) is 5.01. The second kappa shape index (κ2) is 4.18. The number of hydrogen-bond donors (Lipinski definition) is 2. The standard InChI is InChI=1S/C10H12N4O2/c1-2-3-14-6-11-5-8(14)9-12-4-7(13-9)10(15)16/h4-6H,2-3H2,1H3,(H,12,13)(H,15,16). The first kappa shape index (κ1) is 10.4. The highest BCUT2D eigenvalue weighted by Crippen LogP contribution is 2.15. The van der Waals surface area contributed by atoms with Gasteiger partial charge in [-0.05, 0) is 6.42 Å². The molecule has 0 fully saturated rings. The van der Waals surface area contributed by atoms with Crippen LogP contribution in [0.1, 0.15) is 23.8 Å². The van der Waals surface area contributed by atoms with Gasteiger partial charge in [-0.1, -0.05) is 6.92 Å². The number of nitrogens with one attached hydrogen (secondary N) is 1. The van der Waals surface area contributed by atoms with Gasteiger partial charge >= 0.3 is 5.97 Å². The molecule has 0 aromatic carbocycles. The first-order valence-corrected chi connectivity index (χ1v) is 5.01. The number of aromatic amines is 1. The summed E-state index contributed by atoms with van der Waals surface area (Å²) in [4.78, 5) is 21.5. The molecule has 0 radical (unpaired) electrons. The van der Waals surface area contributed by atoms with Crippen LogP contribution in [-0.2, 0) is 6.54 Å². The topological polar surface area (TPSA) is 83.8 Å². The molecule has 0 spiro atoms. The summed E-state index contributed by atoms with van der Waals surface area (Å²) < 4.78 is 1.93. The van der Waals surface area contributed by atoms with Gasteiger partial charge < -0.3 is 14.7 Å². The van der Waals surface area contributed by atoms with Gasteiger partial charge in [-0.2, -0.15) is 0 Å². The Morgan fingerprint density at radius 1 is 1.56 bits per heavy atom. The van der Waals surface area contributed by atoms with Crippen LogP contribution in [0.5, 0.6) is 0 Å². The summed E-state index contributed by atoms with van der Waals surface area (Å²) in [5.74, 6) is -0.483. The van der Waals surface area contributed by atoms with Crippen molar-refractivity contribution >= 4 is 5.97 Å². The Morgan fingerprint density at radius 2 is 2.38 bits per heavy atom. The predicted molar refractivity (Wildman–Crippen MR) is 57.1 cm³/mol. The molecule has 6 heteroatoms. The molecule has 0 aliphatic carbocycles. The van der Waals surface area contributed by atoms with Gasteiger partial charge in [0.25, 0.3) is 0 Å². The summed E-state index contributed by atoms with van der Waals surface area (Å²) in [6.45, 7) is 2.90. The normalized spacial score (nSPS) is 10.6. The third-order valence-electron chi connectivity index (χ3n) is 2.23. The minimum Gasteiger partial charge on any atom is -0.477 e. The largest absolute Gasteiger partial charge is 0.477 e. The summed E-state index contributed by atoms with van der Waals surface area (Å²) in [6.07, 6.45) is 5.67. The van der Waals surface area contributed by atoms with E-state index in [0.717, 1.165) is 18.7 Å². The van der Waals surface area contributed by atoms with Gasteiger partial charge in [0, 0.05) is 6.54 Å². The van der Waals surface area contributed by atoms with Crippen molar-refractivity contribution in [2.45, 2.75) is 19.9 Å². The quantitative estimate of drug-likeness (QED) is 0.815. The number of nitrogens with zero attached hydrogens (tertiary/aromatic N) is 3. The number of carboxylic acid groups (broad SMARTS) is 1. The van der Waals surface area contributed by atoms with Crippen LogP contribution in [0, 0.1) is 0 Å². The number of H-pyrrole nitrogens is 1. The van der Waals surface area contributed by atoms with E-state index >= 15 is 0 Å². The van der Waals surface area contributed by atoms with Crippen molar-refractivity contribution < 1.29 is 9.90 Å². The molecule has 2 heterocycles. The lowest BCUT2D eigenvalue weighted by Crippen LogP contribution is -1.99. The van der Waals surface area contributed by atoms with Gasteiger partial charge in [0.15, 0.2) is 5.82 Å². The van der Waals surface area contributed by atoms with Crippen LogP contribution in [0.2, 0.25) is 0 Å². The number of carboxylic acids is 1. The zero-order chi connectivity index (χ0) is 11.5. The number of aromatic nitrogens is 4. The van der Waals surface area contributed by atoms with Crippen LogP contribution in [0.15, 0.2) is 18.7 Å². The number of hydrogen-bond acceptors (Lipinski definition) is 3. The fourth-order valence-corrected chi connectivity index (χ4v) is 1.50. The van der Waals surface area contributed by atoms with Gasteiger partial charge in [0.1, 0.15) is 11.4 Å². The van der Waals surface area contributed by atoms with E-state index in [1.54, 1.807) is 12.5 Å². The molecule has 16 heavy (non-hydrogen) atoms. The molecule has 0 aliphatic heterocycles. The highest BCUT2D eigenvalue weighted by atomic mass is 16.4. The van der Waals surface area contributed by atoms with E-state index in [1.807, 2.05) is 4.57 Å². The fourth-order valence-electron chi connectivity index (χ4n) is 1.50. The Morgan fingerprint density at radius 3 is 3.00 bits per heavy atom. The van der Waals surface area contributed by atoms with Crippen molar-refractivity contribution in [3.63, 3.8) is 0 Å². The Labute approximate surface area is 92.0 Å². The molecule has 0 atom stereocenters. The van der Waals surface area contributed by atoms with Crippen LogP contribution >= 0.6 is 0 Å². The highest BCUT2D eigenvalue weighted by Gasteiger charge is 2.11. The zero-order valence-electron chi connectivity index (χ0n) is 8.84. The molecule has 2 aromatic heterocycles. The summed E-state index contributed by atoms with van der Waals surface area (Å²) in [6, 6.07) is 0. The SMILES string of the molecule is CCCn1cncc1-c1ncc(C(=O)O)[nH]1. The van der Waals surface area contributed by atoms with Crippen molar-refractivity contribution in [3.05, 3.63) is 24.4 Å². The molecule has 0 amide bonds. The minimum atomic E-state index is -1.01. The van der Waals surface area contributed by atoms with Crippen LogP contribution in [0.25, 0.3) is 11.5 Å². The van der Waals surface area contributed by atoms with Crippen LogP contribution in [-0.4, -0.2) is 30.6 Å². The maximum atomic E-state index is 10.7. The van der Waals surface area contributed by atoms with E-state index in [1.165, 1.54) is 6.20 Å². The van der Waals surface area contributed by atoms with E-state index in [0.29, 0.717) is 5.82 Å². The lowest BCUT2D eigenvalue weighted by atomic mass is 10.4. The molecule has 2 N–H and O–H groups in total. The maximum absolute atomic E-state index is 10.7. The summed E-state index contributed by atoms with van der Waals surface area (Å²) in [5, 5.41) is 8.77.